The predicted octanol–water partition coefficient (Wildman–Crippen LogP) is 0.912. The number of aliphatic hydroxyl groups excluding tert-OH is 1. The Morgan fingerprint density at radius 3 is 2.43 bits per heavy atom. The van der Waals surface area contributed by atoms with Crippen molar-refractivity contribution >= 4 is 5.91 Å². The number of rotatable bonds is 5. The highest BCUT2D eigenvalue weighted by Gasteiger charge is 2.49. The molecule has 164 valence electrons. The van der Waals surface area contributed by atoms with Crippen molar-refractivity contribution in [1.82, 2.24) is 19.6 Å². The van der Waals surface area contributed by atoms with Crippen molar-refractivity contribution < 1.29 is 9.90 Å². The SMILES string of the molecule is CN(C)CC#Cc1ccc([C@@H]2[C@@H](CO)N3CCCCN(C(=O)CN(C)C)C[C@H]23)cc1. The highest BCUT2D eigenvalue weighted by atomic mass is 16.3. The van der Waals surface area contributed by atoms with Gasteiger partial charge in [0.25, 0.3) is 0 Å². The Morgan fingerprint density at radius 2 is 1.80 bits per heavy atom. The second kappa shape index (κ2) is 10.4. The fourth-order valence-corrected chi connectivity index (χ4v) is 4.63. The number of benzene rings is 1. The molecule has 1 aromatic carbocycles. The molecule has 0 bridgehead atoms. The third-order valence-electron chi connectivity index (χ3n) is 6.10. The average Bonchev–Trinajstić information content (AvgIpc) is 2.67. The first-order chi connectivity index (χ1) is 14.4. The summed E-state index contributed by atoms with van der Waals surface area (Å²) in [5.41, 5.74) is 2.24. The van der Waals surface area contributed by atoms with Crippen molar-refractivity contribution in [1.29, 1.82) is 0 Å². The molecule has 0 saturated carbocycles. The summed E-state index contributed by atoms with van der Waals surface area (Å²) in [6.07, 6.45) is 2.08. The molecule has 1 amide bonds. The lowest BCUT2D eigenvalue weighted by Crippen LogP contribution is -2.68. The molecule has 0 aliphatic carbocycles. The molecule has 0 unspecified atom stereocenters. The molecule has 2 fully saturated rings. The second-order valence-corrected chi connectivity index (χ2v) is 9.03. The van der Waals surface area contributed by atoms with Crippen molar-refractivity contribution in [3.8, 4) is 11.8 Å². The minimum absolute atomic E-state index is 0.129. The Bertz CT molecular complexity index is 766. The Hall–Kier alpha value is -1.91. The minimum Gasteiger partial charge on any atom is -0.395 e. The average molecular weight is 413 g/mol. The zero-order chi connectivity index (χ0) is 21.7. The van der Waals surface area contributed by atoms with Crippen LogP contribution in [0.3, 0.4) is 0 Å². The maximum Gasteiger partial charge on any atom is 0.236 e. The van der Waals surface area contributed by atoms with Crippen molar-refractivity contribution in [3.05, 3.63) is 35.4 Å². The van der Waals surface area contributed by atoms with Gasteiger partial charge >= 0.3 is 0 Å². The van der Waals surface area contributed by atoms with Gasteiger partial charge in [-0.15, -0.1) is 0 Å². The van der Waals surface area contributed by atoms with Crippen LogP contribution in [0.1, 0.15) is 29.9 Å². The molecule has 3 rings (SSSR count). The smallest absolute Gasteiger partial charge is 0.236 e. The standard InChI is InChI=1S/C24H36N4O2/c1-25(2)13-7-8-19-9-11-20(12-10-19)24-21-16-27(23(30)17-26(3)4)14-5-6-15-28(21)22(24)18-29/h9-12,21-22,24,29H,5-6,13-18H2,1-4H3/t21-,22-,24+/m1/s1. The summed E-state index contributed by atoms with van der Waals surface area (Å²) < 4.78 is 0. The van der Waals surface area contributed by atoms with Crippen molar-refractivity contribution in [2.45, 2.75) is 30.8 Å². The molecular weight excluding hydrogens is 376 g/mol. The summed E-state index contributed by atoms with van der Waals surface area (Å²) in [4.78, 5) is 21.2. The quantitative estimate of drug-likeness (QED) is 0.729. The van der Waals surface area contributed by atoms with Crippen molar-refractivity contribution in [2.75, 3.05) is 67.5 Å². The van der Waals surface area contributed by atoms with Gasteiger partial charge in [0.15, 0.2) is 0 Å². The van der Waals surface area contributed by atoms with Crippen LogP contribution in [0.15, 0.2) is 24.3 Å². The Labute approximate surface area is 181 Å². The van der Waals surface area contributed by atoms with Gasteiger partial charge in [-0.05, 0) is 65.3 Å². The minimum atomic E-state index is 0.129. The zero-order valence-electron chi connectivity index (χ0n) is 18.8. The zero-order valence-corrected chi connectivity index (χ0v) is 18.8. The Kier molecular flexibility index (Phi) is 7.90. The molecule has 1 aromatic rings. The monoisotopic (exact) mass is 412 g/mol. The fraction of sp³-hybridized carbons (Fsp3) is 0.625. The van der Waals surface area contributed by atoms with Crippen LogP contribution >= 0.6 is 0 Å². The largest absolute Gasteiger partial charge is 0.395 e. The number of fused-ring (bicyclic) bond motifs is 1. The van der Waals surface area contributed by atoms with Crippen molar-refractivity contribution in [2.24, 2.45) is 0 Å². The van der Waals surface area contributed by atoms with E-state index < -0.39 is 0 Å². The highest BCUT2D eigenvalue weighted by Crippen LogP contribution is 2.41. The maximum absolute atomic E-state index is 12.7. The summed E-state index contributed by atoms with van der Waals surface area (Å²) in [6.45, 7) is 3.89. The summed E-state index contributed by atoms with van der Waals surface area (Å²) in [5, 5.41) is 10.1. The molecule has 2 aliphatic rings. The molecule has 6 heteroatoms. The van der Waals surface area contributed by atoms with E-state index in [1.54, 1.807) is 0 Å². The number of likely N-dealkylation sites (N-methyl/N-ethyl adjacent to an activating group) is 1. The molecule has 30 heavy (non-hydrogen) atoms. The molecule has 6 nitrogen and oxygen atoms in total. The van der Waals surface area contributed by atoms with Crippen LogP contribution in [-0.2, 0) is 4.79 Å². The van der Waals surface area contributed by atoms with Gasteiger partial charge in [0.1, 0.15) is 0 Å². The highest BCUT2D eigenvalue weighted by molar-refractivity contribution is 5.78. The van der Waals surface area contributed by atoms with Gasteiger partial charge in [0.05, 0.1) is 19.7 Å². The van der Waals surface area contributed by atoms with E-state index in [1.165, 1.54) is 5.56 Å². The van der Waals surface area contributed by atoms with E-state index in [9.17, 15) is 9.90 Å². The van der Waals surface area contributed by atoms with Gasteiger partial charge in [-0.3, -0.25) is 14.6 Å². The van der Waals surface area contributed by atoms with Crippen LogP contribution < -0.4 is 0 Å². The van der Waals surface area contributed by atoms with Crippen LogP contribution in [0.4, 0.5) is 0 Å². The van der Waals surface area contributed by atoms with E-state index in [0.29, 0.717) is 6.54 Å². The normalized spacial score (nSPS) is 24.5. The first-order valence-electron chi connectivity index (χ1n) is 10.9. The molecule has 2 aliphatic heterocycles. The lowest BCUT2D eigenvalue weighted by Gasteiger charge is -2.57. The fourth-order valence-electron chi connectivity index (χ4n) is 4.63. The van der Waals surface area contributed by atoms with Gasteiger partial charge < -0.3 is 14.9 Å². The third kappa shape index (κ3) is 5.41. The van der Waals surface area contributed by atoms with Crippen LogP contribution in [0, 0.1) is 11.8 Å². The molecule has 0 spiro atoms. The molecular formula is C24H36N4O2. The predicted molar refractivity (Wildman–Crippen MR) is 120 cm³/mol. The first kappa shape index (κ1) is 22.8. The van der Waals surface area contributed by atoms with E-state index in [4.69, 9.17) is 0 Å². The first-order valence-corrected chi connectivity index (χ1v) is 10.9. The Morgan fingerprint density at radius 1 is 1.10 bits per heavy atom. The third-order valence-corrected chi connectivity index (χ3v) is 6.10. The number of carbonyl (C=O) groups excluding carboxylic acids is 1. The van der Waals surface area contributed by atoms with Crippen LogP contribution in [-0.4, -0.2) is 110 Å². The number of aliphatic hydroxyl groups is 1. The molecule has 2 saturated heterocycles. The molecule has 0 radical (unpaired) electrons. The number of amides is 1. The van der Waals surface area contributed by atoms with E-state index in [0.717, 1.165) is 44.6 Å². The van der Waals surface area contributed by atoms with Gasteiger partial charge in [-0.1, -0.05) is 24.0 Å². The summed E-state index contributed by atoms with van der Waals surface area (Å²) in [6, 6.07) is 8.84. The maximum atomic E-state index is 12.7. The van der Waals surface area contributed by atoms with Crippen LogP contribution in [0.5, 0.6) is 0 Å². The van der Waals surface area contributed by atoms with Gasteiger partial charge in [0.2, 0.25) is 5.91 Å². The lowest BCUT2D eigenvalue weighted by molar-refractivity contribution is -0.137. The van der Waals surface area contributed by atoms with Gasteiger partial charge in [0, 0.05) is 36.7 Å². The molecule has 0 aromatic heterocycles. The molecule has 3 atom stereocenters. The van der Waals surface area contributed by atoms with Gasteiger partial charge in [-0.25, -0.2) is 0 Å². The number of hydrogen-bond donors (Lipinski definition) is 1. The van der Waals surface area contributed by atoms with E-state index in [1.807, 2.05) is 42.9 Å². The molecule has 1 N–H and O–H groups in total. The number of hydrogen-bond acceptors (Lipinski definition) is 5. The lowest BCUT2D eigenvalue weighted by atomic mass is 9.74. The number of nitrogens with zero attached hydrogens (tertiary/aromatic N) is 4. The summed E-state index contributed by atoms with van der Waals surface area (Å²) in [7, 11) is 7.89. The van der Waals surface area contributed by atoms with E-state index in [2.05, 4.69) is 41.0 Å². The summed E-state index contributed by atoms with van der Waals surface area (Å²) >= 11 is 0. The van der Waals surface area contributed by atoms with E-state index >= 15 is 0 Å². The van der Waals surface area contributed by atoms with E-state index in [-0.39, 0.29) is 30.5 Å². The second-order valence-electron chi connectivity index (χ2n) is 9.03. The van der Waals surface area contributed by atoms with Crippen LogP contribution in [0.2, 0.25) is 0 Å². The Balaban J connectivity index is 1.75. The van der Waals surface area contributed by atoms with Gasteiger partial charge in [-0.2, -0.15) is 0 Å². The molecule has 2 heterocycles. The van der Waals surface area contributed by atoms with Crippen LogP contribution in [0.25, 0.3) is 0 Å². The topological polar surface area (TPSA) is 50.3 Å². The summed E-state index contributed by atoms with van der Waals surface area (Å²) in [5.74, 6) is 6.82. The number of carbonyl (C=O) groups is 1. The van der Waals surface area contributed by atoms with Crippen molar-refractivity contribution in [3.63, 3.8) is 0 Å².